The number of carbonyl (C=O) groups is 2. The highest BCUT2D eigenvalue weighted by Crippen LogP contribution is 2.38. The molecule has 0 atom stereocenters. The Morgan fingerprint density at radius 2 is 1.62 bits per heavy atom. The van der Waals surface area contributed by atoms with Crippen molar-refractivity contribution in [1.82, 2.24) is 0 Å². The van der Waals surface area contributed by atoms with E-state index in [4.69, 9.17) is 16.0 Å². The van der Waals surface area contributed by atoms with E-state index in [1.165, 1.54) is 11.3 Å². The molecule has 0 saturated carbocycles. The lowest BCUT2D eigenvalue weighted by molar-refractivity contribution is 0.1000. The van der Waals surface area contributed by atoms with E-state index >= 15 is 0 Å². The number of anilines is 2. The standard InChI is InChI=1S/C25H17ClN2O3S/c1-14-11-12-17-19(13-14)32-23(20(17)26)25(30)28-21-16-9-5-6-10-18(16)31-22(21)24(29)27-15-7-3-2-4-8-15/h2-13H,1H3,(H,27,29)(H,28,30). The van der Waals surface area contributed by atoms with E-state index < -0.39 is 11.8 Å². The number of hydrogen-bond donors (Lipinski definition) is 2. The summed E-state index contributed by atoms with van der Waals surface area (Å²) in [5.41, 5.74) is 2.52. The van der Waals surface area contributed by atoms with Gasteiger partial charge in [-0.15, -0.1) is 11.3 Å². The molecule has 0 radical (unpaired) electrons. The zero-order valence-electron chi connectivity index (χ0n) is 16.9. The molecule has 32 heavy (non-hydrogen) atoms. The second-order valence-electron chi connectivity index (χ2n) is 7.32. The molecule has 0 saturated heterocycles. The summed E-state index contributed by atoms with van der Waals surface area (Å²) in [5.74, 6) is -0.827. The third-order valence-corrected chi connectivity index (χ3v) is 6.72. The maximum absolute atomic E-state index is 13.2. The summed E-state index contributed by atoms with van der Waals surface area (Å²) in [5, 5.41) is 7.52. The Labute approximate surface area is 192 Å². The van der Waals surface area contributed by atoms with Gasteiger partial charge in [-0.05, 0) is 42.8 Å². The van der Waals surface area contributed by atoms with Gasteiger partial charge in [0.2, 0.25) is 5.76 Å². The van der Waals surface area contributed by atoms with Crippen LogP contribution in [0, 0.1) is 6.92 Å². The molecule has 0 bridgehead atoms. The molecule has 2 N–H and O–H groups in total. The molecular formula is C25H17ClN2O3S. The number of halogens is 1. The zero-order valence-corrected chi connectivity index (χ0v) is 18.5. The van der Waals surface area contributed by atoms with Crippen molar-refractivity contribution in [2.45, 2.75) is 6.92 Å². The van der Waals surface area contributed by atoms with Crippen LogP contribution in [0.1, 0.15) is 25.8 Å². The molecule has 5 nitrogen and oxygen atoms in total. The van der Waals surface area contributed by atoms with Crippen LogP contribution in [0.5, 0.6) is 0 Å². The average molecular weight is 461 g/mol. The Bertz CT molecular complexity index is 1490. The number of hydrogen-bond acceptors (Lipinski definition) is 4. The summed E-state index contributed by atoms with van der Waals surface area (Å²) < 4.78 is 6.75. The van der Waals surface area contributed by atoms with Crippen molar-refractivity contribution in [3.05, 3.63) is 94.0 Å². The van der Waals surface area contributed by atoms with Crippen molar-refractivity contribution in [3.63, 3.8) is 0 Å². The van der Waals surface area contributed by atoms with Crippen molar-refractivity contribution >= 4 is 67.2 Å². The first-order valence-electron chi connectivity index (χ1n) is 9.89. The topological polar surface area (TPSA) is 71.3 Å². The molecule has 7 heteroatoms. The molecule has 5 aromatic rings. The van der Waals surface area contributed by atoms with Crippen LogP contribution >= 0.6 is 22.9 Å². The number of fused-ring (bicyclic) bond motifs is 2. The molecule has 2 heterocycles. The molecule has 2 aromatic heterocycles. The lowest BCUT2D eigenvalue weighted by atomic mass is 10.2. The summed E-state index contributed by atoms with van der Waals surface area (Å²) in [6, 6.07) is 22.1. The fraction of sp³-hybridized carbons (Fsp3) is 0.0400. The average Bonchev–Trinajstić information content (AvgIpc) is 3.32. The SMILES string of the molecule is Cc1ccc2c(Cl)c(C(=O)Nc3c(C(=O)Nc4ccccc4)oc4ccccc34)sc2c1. The van der Waals surface area contributed by atoms with Gasteiger partial charge in [0.05, 0.1) is 5.02 Å². The van der Waals surface area contributed by atoms with Crippen LogP contribution in [-0.2, 0) is 0 Å². The normalized spacial score (nSPS) is 11.1. The first-order chi connectivity index (χ1) is 15.5. The Kier molecular flexibility index (Phi) is 5.17. The highest BCUT2D eigenvalue weighted by Gasteiger charge is 2.25. The number of rotatable bonds is 4. The Balaban J connectivity index is 1.54. The summed E-state index contributed by atoms with van der Waals surface area (Å²) in [4.78, 5) is 26.6. The number of furan rings is 1. The van der Waals surface area contributed by atoms with Crippen molar-refractivity contribution in [2.24, 2.45) is 0 Å². The minimum absolute atomic E-state index is 0.0245. The van der Waals surface area contributed by atoms with Gasteiger partial charge in [0.15, 0.2) is 0 Å². The van der Waals surface area contributed by atoms with E-state index in [2.05, 4.69) is 10.6 Å². The highest BCUT2D eigenvalue weighted by molar-refractivity contribution is 7.21. The zero-order chi connectivity index (χ0) is 22.2. The van der Waals surface area contributed by atoms with E-state index in [9.17, 15) is 9.59 Å². The van der Waals surface area contributed by atoms with Gasteiger partial charge in [-0.25, -0.2) is 0 Å². The predicted octanol–water partition coefficient (Wildman–Crippen LogP) is 7.11. The van der Waals surface area contributed by atoms with E-state index in [0.717, 1.165) is 15.6 Å². The number of amides is 2. The summed E-state index contributed by atoms with van der Waals surface area (Å²) >= 11 is 7.83. The van der Waals surface area contributed by atoms with Gasteiger partial charge in [-0.3, -0.25) is 9.59 Å². The van der Waals surface area contributed by atoms with Gasteiger partial charge in [-0.1, -0.05) is 54.1 Å². The van der Waals surface area contributed by atoms with Crippen molar-refractivity contribution < 1.29 is 14.0 Å². The van der Waals surface area contributed by atoms with Gasteiger partial charge in [0, 0.05) is 21.2 Å². The summed E-state index contributed by atoms with van der Waals surface area (Å²) in [6.45, 7) is 1.99. The third-order valence-electron chi connectivity index (χ3n) is 5.06. The predicted molar refractivity (Wildman–Crippen MR) is 130 cm³/mol. The van der Waals surface area contributed by atoms with Gasteiger partial charge in [0.25, 0.3) is 11.8 Å². The summed E-state index contributed by atoms with van der Waals surface area (Å²) in [7, 11) is 0. The Morgan fingerprint density at radius 1 is 0.875 bits per heavy atom. The minimum atomic E-state index is -0.458. The smallest absolute Gasteiger partial charge is 0.293 e. The van der Waals surface area contributed by atoms with Crippen LogP contribution in [0.25, 0.3) is 21.1 Å². The maximum Gasteiger partial charge on any atom is 0.293 e. The van der Waals surface area contributed by atoms with E-state index in [1.807, 2.05) is 55.5 Å². The molecule has 0 aliphatic carbocycles. The molecule has 0 fully saturated rings. The first-order valence-corrected chi connectivity index (χ1v) is 11.1. The fourth-order valence-corrected chi connectivity index (χ4v) is 5.04. The van der Waals surface area contributed by atoms with Crippen LogP contribution < -0.4 is 10.6 Å². The number of benzene rings is 3. The summed E-state index contributed by atoms with van der Waals surface area (Å²) in [6.07, 6.45) is 0. The van der Waals surface area contributed by atoms with Gasteiger partial charge < -0.3 is 15.1 Å². The quantitative estimate of drug-likeness (QED) is 0.300. The second kappa shape index (κ2) is 8.15. The molecule has 0 aliphatic rings. The third kappa shape index (κ3) is 3.64. The van der Waals surface area contributed by atoms with Gasteiger partial charge in [0.1, 0.15) is 16.1 Å². The van der Waals surface area contributed by atoms with E-state index in [-0.39, 0.29) is 5.76 Å². The minimum Gasteiger partial charge on any atom is -0.449 e. The molecule has 0 aliphatic heterocycles. The lowest BCUT2D eigenvalue weighted by Crippen LogP contribution is -2.16. The van der Waals surface area contributed by atoms with Crippen LogP contribution in [-0.4, -0.2) is 11.8 Å². The molecule has 2 amide bonds. The molecule has 0 spiro atoms. The fourth-order valence-electron chi connectivity index (χ4n) is 3.53. The molecule has 5 rings (SSSR count). The van der Waals surface area contributed by atoms with E-state index in [0.29, 0.717) is 32.2 Å². The number of aryl methyl sites for hydroxylation is 1. The Hall–Kier alpha value is -3.61. The first kappa shape index (κ1) is 20.3. The van der Waals surface area contributed by atoms with Crippen LogP contribution in [0.2, 0.25) is 5.02 Å². The number of nitrogens with one attached hydrogen (secondary N) is 2. The Morgan fingerprint density at radius 3 is 2.44 bits per heavy atom. The van der Waals surface area contributed by atoms with Crippen LogP contribution in [0.15, 0.2) is 77.2 Å². The van der Waals surface area contributed by atoms with Crippen molar-refractivity contribution in [3.8, 4) is 0 Å². The van der Waals surface area contributed by atoms with Crippen LogP contribution in [0.3, 0.4) is 0 Å². The highest BCUT2D eigenvalue weighted by atomic mass is 35.5. The van der Waals surface area contributed by atoms with E-state index in [1.54, 1.807) is 24.3 Å². The number of para-hydroxylation sites is 2. The van der Waals surface area contributed by atoms with Crippen molar-refractivity contribution in [1.29, 1.82) is 0 Å². The lowest BCUT2D eigenvalue weighted by Gasteiger charge is -2.07. The maximum atomic E-state index is 13.2. The second-order valence-corrected chi connectivity index (χ2v) is 8.75. The molecule has 158 valence electrons. The largest absolute Gasteiger partial charge is 0.449 e. The molecular weight excluding hydrogens is 444 g/mol. The van der Waals surface area contributed by atoms with Gasteiger partial charge >= 0.3 is 0 Å². The number of thiophene rings is 1. The number of carbonyl (C=O) groups excluding carboxylic acids is 2. The van der Waals surface area contributed by atoms with Crippen molar-refractivity contribution in [2.75, 3.05) is 10.6 Å². The van der Waals surface area contributed by atoms with Crippen LogP contribution in [0.4, 0.5) is 11.4 Å². The molecule has 0 unspecified atom stereocenters. The van der Waals surface area contributed by atoms with Gasteiger partial charge in [-0.2, -0.15) is 0 Å². The monoisotopic (exact) mass is 460 g/mol. The molecule has 3 aromatic carbocycles.